The van der Waals surface area contributed by atoms with Crippen LogP contribution in [-0.4, -0.2) is 52.6 Å². The molecule has 2 heterocycles. The molecule has 2 aliphatic heterocycles. The summed E-state index contributed by atoms with van der Waals surface area (Å²) in [5, 5.41) is 11.0. The fourth-order valence-corrected chi connectivity index (χ4v) is 4.69. The number of halogens is 3. The number of piperidine rings is 2. The van der Waals surface area contributed by atoms with E-state index < -0.39 is 17.3 Å². The highest BCUT2D eigenvalue weighted by atomic mass is 19.4. The number of alkyl halides is 3. The number of amides is 1. The third-order valence-corrected chi connectivity index (χ3v) is 6.81. The van der Waals surface area contributed by atoms with Gasteiger partial charge in [0.05, 0.1) is 11.2 Å². The summed E-state index contributed by atoms with van der Waals surface area (Å²) in [4.78, 5) is 16.7. The van der Waals surface area contributed by atoms with Gasteiger partial charge in [-0.2, -0.15) is 13.2 Å². The zero-order chi connectivity index (χ0) is 19.9. The molecule has 0 radical (unpaired) electrons. The van der Waals surface area contributed by atoms with Crippen molar-refractivity contribution in [1.29, 1.82) is 0 Å². The number of carbonyl (C=O) groups is 1. The second kappa shape index (κ2) is 7.34. The van der Waals surface area contributed by atoms with Gasteiger partial charge in [0.2, 0.25) is 5.91 Å². The molecule has 1 amide bonds. The molecule has 0 bridgehead atoms. The van der Waals surface area contributed by atoms with Gasteiger partial charge in [-0.1, -0.05) is 18.6 Å². The van der Waals surface area contributed by atoms with E-state index in [1.807, 2.05) is 4.90 Å². The molecule has 7 heteroatoms. The van der Waals surface area contributed by atoms with Gasteiger partial charge in [-0.3, -0.25) is 9.69 Å². The van der Waals surface area contributed by atoms with Crippen molar-refractivity contribution in [2.45, 2.75) is 50.4 Å². The van der Waals surface area contributed by atoms with Crippen molar-refractivity contribution in [2.24, 2.45) is 11.8 Å². The lowest BCUT2D eigenvalue weighted by molar-refractivity contribution is -0.153. The Hall–Kier alpha value is -1.60. The fraction of sp³-hybridized carbons (Fsp3) is 0.667. The smallest absolute Gasteiger partial charge is 0.389 e. The van der Waals surface area contributed by atoms with Crippen LogP contribution in [0.25, 0.3) is 0 Å². The maximum absolute atomic E-state index is 12.7. The van der Waals surface area contributed by atoms with Crippen LogP contribution in [0.4, 0.5) is 13.2 Å². The zero-order valence-electron chi connectivity index (χ0n) is 15.9. The second-order valence-electron chi connectivity index (χ2n) is 8.64. The van der Waals surface area contributed by atoms with E-state index in [-0.39, 0.29) is 17.7 Å². The van der Waals surface area contributed by atoms with Crippen LogP contribution in [0.3, 0.4) is 0 Å². The number of carbonyl (C=O) groups excluding carboxylic acids is 1. The molecule has 4 nitrogen and oxygen atoms in total. The number of rotatable bonds is 3. The van der Waals surface area contributed by atoms with Crippen molar-refractivity contribution < 1.29 is 23.1 Å². The summed E-state index contributed by atoms with van der Waals surface area (Å²) in [7, 11) is 0. The van der Waals surface area contributed by atoms with Gasteiger partial charge in [-0.25, -0.2) is 0 Å². The summed E-state index contributed by atoms with van der Waals surface area (Å²) < 4.78 is 38.2. The van der Waals surface area contributed by atoms with Crippen LogP contribution in [0.5, 0.6) is 0 Å². The van der Waals surface area contributed by atoms with E-state index in [0.717, 1.165) is 37.0 Å². The predicted octanol–water partition coefficient (Wildman–Crippen LogP) is 3.29. The van der Waals surface area contributed by atoms with Gasteiger partial charge in [0.25, 0.3) is 0 Å². The van der Waals surface area contributed by atoms with E-state index in [9.17, 15) is 23.1 Å². The first-order chi connectivity index (χ1) is 13.2. The molecule has 154 valence electrons. The summed E-state index contributed by atoms with van der Waals surface area (Å²) >= 11 is 0. The van der Waals surface area contributed by atoms with Crippen molar-refractivity contribution in [1.82, 2.24) is 9.80 Å². The van der Waals surface area contributed by atoms with E-state index in [4.69, 9.17) is 0 Å². The number of hydrogen-bond acceptors (Lipinski definition) is 3. The van der Waals surface area contributed by atoms with Gasteiger partial charge in [-0.05, 0) is 43.4 Å². The molecule has 2 saturated heterocycles. The monoisotopic (exact) mass is 396 g/mol. The minimum Gasteiger partial charge on any atom is -0.389 e. The van der Waals surface area contributed by atoms with Gasteiger partial charge >= 0.3 is 6.18 Å². The van der Waals surface area contributed by atoms with Crippen molar-refractivity contribution >= 4 is 5.91 Å². The van der Waals surface area contributed by atoms with Gasteiger partial charge < -0.3 is 10.0 Å². The third kappa shape index (κ3) is 3.92. The van der Waals surface area contributed by atoms with E-state index in [0.29, 0.717) is 45.6 Å². The minimum absolute atomic E-state index is 0.00604. The van der Waals surface area contributed by atoms with Crippen molar-refractivity contribution in [3.8, 4) is 0 Å². The molecule has 1 aliphatic carbocycles. The van der Waals surface area contributed by atoms with Crippen LogP contribution in [0.2, 0.25) is 0 Å². The molecule has 3 aliphatic rings. The maximum Gasteiger partial charge on any atom is 0.416 e. The van der Waals surface area contributed by atoms with E-state index in [2.05, 4.69) is 4.90 Å². The summed E-state index contributed by atoms with van der Waals surface area (Å²) in [6.45, 7) is 3.13. The number of hydrogen-bond donors (Lipinski definition) is 1. The van der Waals surface area contributed by atoms with Gasteiger partial charge in [0, 0.05) is 44.6 Å². The van der Waals surface area contributed by atoms with E-state index in [1.165, 1.54) is 12.1 Å². The quantitative estimate of drug-likeness (QED) is 0.853. The Morgan fingerprint density at radius 1 is 1.11 bits per heavy atom. The summed E-state index contributed by atoms with van der Waals surface area (Å²) in [5.41, 5.74) is -0.536. The molecule has 0 aromatic heterocycles. The highest BCUT2D eigenvalue weighted by Gasteiger charge is 2.46. The highest BCUT2D eigenvalue weighted by molar-refractivity contribution is 5.79. The Balaban J connectivity index is 1.38. The van der Waals surface area contributed by atoms with Gasteiger partial charge in [-0.15, -0.1) is 0 Å². The third-order valence-electron chi connectivity index (χ3n) is 6.81. The lowest BCUT2D eigenvalue weighted by Crippen LogP contribution is -2.61. The van der Waals surface area contributed by atoms with Gasteiger partial charge in [0.15, 0.2) is 0 Å². The number of nitrogens with zero attached hydrogens (tertiary/aromatic N) is 2. The molecule has 1 saturated carbocycles. The molecule has 0 spiro atoms. The minimum atomic E-state index is -4.32. The number of fused-ring (bicyclic) bond motifs is 1. The van der Waals surface area contributed by atoms with Crippen LogP contribution >= 0.6 is 0 Å². The highest BCUT2D eigenvalue weighted by Crippen LogP contribution is 2.38. The summed E-state index contributed by atoms with van der Waals surface area (Å²) in [6.07, 6.45) is 0.0137. The zero-order valence-corrected chi connectivity index (χ0v) is 15.9. The van der Waals surface area contributed by atoms with Gasteiger partial charge in [0.1, 0.15) is 0 Å². The van der Waals surface area contributed by atoms with E-state index in [1.54, 1.807) is 0 Å². The molecule has 3 fully saturated rings. The number of likely N-dealkylation sites (tertiary alicyclic amines) is 2. The number of benzene rings is 1. The SMILES string of the molecule is O=C(C1CCC1)N1CC[C@]2(O)CCN(Cc3ccc(C(F)(F)F)cc3)C[C@@H]2C1. The van der Waals surface area contributed by atoms with Crippen LogP contribution in [0.15, 0.2) is 24.3 Å². The maximum atomic E-state index is 12.7. The lowest BCUT2D eigenvalue weighted by Gasteiger charge is -2.51. The first-order valence-corrected chi connectivity index (χ1v) is 10.1. The molecular formula is C21H27F3N2O2. The van der Waals surface area contributed by atoms with E-state index >= 15 is 0 Å². The van der Waals surface area contributed by atoms with Crippen LogP contribution in [-0.2, 0) is 17.5 Å². The largest absolute Gasteiger partial charge is 0.416 e. The van der Waals surface area contributed by atoms with Crippen LogP contribution < -0.4 is 0 Å². The first kappa shape index (κ1) is 19.7. The lowest BCUT2D eigenvalue weighted by atomic mass is 9.74. The average molecular weight is 396 g/mol. The van der Waals surface area contributed by atoms with Crippen LogP contribution in [0.1, 0.15) is 43.2 Å². The molecular weight excluding hydrogens is 369 g/mol. The average Bonchev–Trinajstić information content (AvgIpc) is 2.60. The molecule has 2 atom stereocenters. The van der Waals surface area contributed by atoms with Crippen LogP contribution in [0, 0.1) is 11.8 Å². The Morgan fingerprint density at radius 2 is 1.79 bits per heavy atom. The van der Waals surface area contributed by atoms with Crippen molar-refractivity contribution in [2.75, 3.05) is 26.2 Å². The van der Waals surface area contributed by atoms with Crippen molar-refractivity contribution in [3.63, 3.8) is 0 Å². The molecule has 1 aromatic carbocycles. The molecule has 28 heavy (non-hydrogen) atoms. The molecule has 4 rings (SSSR count). The molecule has 1 aromatic rings. The molecule has 0 unspecified atom stereocenters. The predicted molar refractivity (Wildman–Crippen MR) is 98.3 cm³/mol. The summed E-state index contributed by atoms with van der Waals surface area (Å²) in [6, 6.07) is 5.29. The Bertz CT molecular complexity index is 717. The first-order valence-electron chi connectivity index (χ1n) is 10.1. The Kier molecular flexibility index (Phi) is 5.16. The second-order valence-corrected chi connectivity index (χ2v) is 8.64. The standard InChI is InChI=1S/C21H27F3N2O2/c22-21(23,24)17-6-4-15(5-7-17)12-25-10-8-20(28)9-11-26(14-18(20)13-25)19(27)16-2-1-3-16/h4-7,16,18,28H,1-3,8-14H2/t18-,20-/m1/s1. The normalized spacial score (nSPS) is 29.3. The Morgan fingerprint density at radius 3 is 2.39 bits per heavy atom. The summed E-state index contributed by atoms with van der Waals surface area (Å²) in [5.74, 6) is 0.389. The topological polar surface area (TPSA) is 43.8 Å². The van der Waals surface area contributed by atoms with Crippen molar-refractivity contribution in [3.05, 3.63) is 35.4 Å². The fourth-order valence-electron chi connectivity index (χ4n) is 4.69. The number of aliphatic hydroxyl groups is 1. The Labute approximate surface area is 163 Å². The molecule has 1 N–H and O–H groups in total.